The molecule has 1 saturated heterocycles. The number of aromatic nitrogens is 3. The molecule has 3 heterocycles. The fourth-order valence-electron chi connectivity index (χ4n) is 4.84. The van der Waals surface area contributed by atoms with Gasteiger partial charge in [-0.1, -0.05) is 12.1 Å². The van der Waals surface area contributed by atoms with E-state index in [0.717, 1.165) is 42.5 Å². The zero-order valence-electron chi connectivity index (χ0n) is 21.5. The number of carbonyl (C=O) groups excluding carboxylic acids is 1. The van der Waals surface area contributed by atoms with Crippen molar-refractivity contribution in [1.29, 1.82) is 0 Å². The number of nitrogens with one attached hydrogen (secondary N) is 4. The van der Waals surface area contributed by atoms with Gasteiger partial charge in [0, 0.05) is 34.3 Å². The first-order valence-electron chi connectivity index (χ1n) is 13.0. The van der Waals surface area contributed by atoms with Gasteiger partial charge in [-0.2, -0.15) is 5.10 Å². The van der Waals surface area contributed by atoms with Crippen LogP contribution < -0.4 is 15.4 Å². The molecule has 5 aromatic rings. The van der Waals surface area contributed by atoms with Crippen LogP contribution in [0.3, 0.4) is 0 Å². The van der Waals surface area contributed by atoms with Gasteiger partial charge < -0.3 is 25.3 Å². The van der Waals surface area contributed by atoms with Gasteiger partial charge >= 0.3 is 0 Å². The molecule has 6 rings (SSSR count). The first kappa shape index (κ1) is 24.7. The Balaban J connectivity index is 1.17. The van der Waals surface area contributed by atoms with E-state index in [2.05, 4.69) is 37.8 Å². The normalized spacial score (nSPS) is 14.4. The van der Waals surface area contributed by atoms with Gasteiger partial charge in [0.05, 0.1) is 0 Å². The molecule has 0 bridgehead atoms. The molecule has 0 aliphatic carbocycles. The smallest absolute Gasteiger partial charge is 0.256 e. The predicted octanol–water partition coefficient (Wildman–Crippen LogP) is 6.25. The molecule has 9 heteroatoms. The minimum atomic E-state index is -0.336. The van der Waals surface area contributed by atoms with Crippen molar-refractivity contribution in [2.24, 2.45) is 0 Å². The Morgan fingerprint density at radius 2 is 1.77 bits per heavy atom. The molecule has 2 aromatic heterocycles. The fraction of sp³-hybridized carbons (Fsp3) is 0.200. The SMILES string of the molecule is CN1CCC(Nc2ccc(C(=O)Nc3cc(-c4[nH]c5ccccc5c4Oc4ccc(F)cc4)n[nH]3)cc2)CC1. The van der Waals surface area contributed by atoms with E-state index in [1.165, 1.54) is 12.1 Å². The lowest BCUT2D eigenvalue weighted by Crippen LogP contribution is -2.36. The number of fused-ring (bicyclic) bond motifs is 1. The highest BCUT2D eigenvalue weighted by atomic mass is 19.1. The molecule has 1 fully saturated rings. The minimum Gasteiger partial charge on any atom is -0.454 e. The van der Waals surface area contributed by atoms with Crippen molar-refractivity contribution in [3.8, 4) is 22.9 Å². The minimum absolute atomic E-state index is 0.240. The third-order valence-electron chi connectivity index (χ3n) is 7.01. The summed E-state index contributed by atoms with van der Waals surface area (Å²) < 4.78 is 19.6. The predicted molar refractivity (Wildman–Crippen MR) is 151 cm³/mol. The number of carbonyl (C=O) groups is 1. The van der Waals surface area contributed by atoms with Crippen LogP contribution in [0.4, 0.5) is 15.9 Å². The van der Waals surface area contributed by atoms with Crippen LogP contribution in [0.15, 0.2) is 78.9 Å². The molecule has 1 aliphatic heterocycles. The van der Waals surface area contributed by atoms with E-state index >= 15 is 0 Å². The Labute approximate surface area is 225 Å². The van der Waals surface area contributed by atoms with Gasteiger partial charge in [0.15, 0.2) is 5.75 Å². The Hall–Kier alpha value is -4.63. The lowest BCUT2D eigenvalue weighted by molar-refractivity contribution is 0.102. The van der Waals surface area contributed by atoms with E-state index in [9.17, 15) is 9.18 Å². The van der Waals surface area contributed by atoms with E-state index in [0.29, 0.717) is 40.3 Å². The van der Waals surface area contributed by atoms with Gasteiger partial charge in [0.2, 0.25) is 0 Å². The number of likely N-dealkylation sites (tertiary alicyclic amines) is 1. The van der Waals surface area contributed by atoms with E-state index in [4.69, 9.17) is 4.74 Å². The molecule has 0 spiro atoms. The second kappa shape index (κ2) is 10.6. The zero-order valence-corrected chi connectivity index (χ0v) is 21.5. The summed E-state index contributed by atoms with van der Waals surface area (Å²) >= 11 is 0. The monoisotopic (exact) mass is 524 g/mol. The van der Waals surface area contributed by atoms with Crippen molar-refractivity contribution in [3.05, 3.63) is 90.2 Å². The summed E-state index contributed by atoms with van der Waals surface area (Å²) in [7, 11) is 2.15. The maximum atomic E-state index is 13.4. The van der Waals surface area contributed by atoms with Crippen LogP contribution in [-0.4, -0.2) is 52.2 Å². The Kier molecular flexibility index (Phi) is 6.73. The standard InChI is InChI=1S/C30H29FN6O2/c1-37-16-14-22(15-17-37)32-21-10-6-19(7-11-21)30(38)34-27-18-26(35-36-27)28-29(24-4-2-3-5-25(24)33-28)39-23-12-8-20(31)9-13-23/h2-13,18,22,32-33H,14-17H2,1H3,(H2,34,35,36,38). The summed E-state index contributed by atoms with van der Waals surface area (Å²) in [5.74, 6) is 0.942. The number of anilines is 2. The van der Waals surface area contributed by atoms with Crippen LogP contribution in [-0.2, 0) is 0 Å². The number of ether oxygens (including phenoxy) is 1. The van der Waals surface area contributed by atoms with Gasteiger partial charge in [0.25, 0.3) is 5.91 Å². The highest BCUT2D eigenvalue weighted by Gasteiger charge is 2.19. The van der Waals surface area contributed by atoms with Crippen molar-refractivity contribution in [2.75, 3.05) is 30.8 Å². The third kappa shape index (κ3) is 5.49. The summed E-state index contributed by atoms with van der Waals surface area (Å²) in [6.45, 7) is 2.17. The van der Waals surface area contributed by atoms with Crippen LogP contribution in [0.25, 0.3) is 22.3 Å². The number of rotatable bonds is 7. The van der Waals surface area contributed by atoms with Crippen LogP contribution in [0, 0.1) is 5.82 Å². The molecular formula is C30H29FN6O2. The number of piperidine rings is 1. The van der Waals surface area contributed by atoms with Crippen molar-refractivity contribution < 1.29 is 13.9 Å². The Morgan fingerprint density at radius 1 is 1.03 bits per heavy atom. The second-order valence-corrected chi connectivity index (χ2v) is 9.85. The molecule has 39 heavy (non-hydrogen) atoms. The Bertz CT molecular complexity index is 1580. The summed E-state index contributed by atoms with van der Waals surface area (Å²) in [6.07, 6.45) is 2.21. The number of aromatic amines is 2. The van der Waals surface area contributed by atoms with Crippen LogP contribution in [0.5, 0.6) is 11.5 Å². The van der Waals surface area contributed by atoms with Crippen molar-refractivity contribution >= 4 is 28.3 Å². The molecule has 3 aromatic carbocycles. The molecule has 8 nitrogen and oxygen atoms in total. The van der Waals surface area contributed by atoms with E-state index in [1.807, 2.05) is 48.5 Å². The Morgan fingerprint density at radius 3 is 2.54 bits per heavy atom. The molecular weight excluding hydrogens is 495 g/mol. The third-order valence-corrected chi connectivity index (χ3v) is 7.01. The number of halogens is 1. The molecule has 1 aliphatic rings. The van der Waals surface area contributed by atoms with Gasteiger partial charge in [-0.15, -0.1) is 0 Å². The molecule has 0 atom stereocenters. The van der Waals surface area contributed by atoms with E-state index in [1.54, 1.807) is 18.2 Å². The maximum absolute atomic E-state index is 13.4. The lowest BCUT2D eigenvalue weighted by atomic mass is 10.0. The average molecular weight is 525 g/mol. The second-order valence-electron chi connectivity index (χ2n) is 9.85. The molecule has 0 saturated carbocycles. The molecule has 1 amide bonds. The van der Waals surface area contributed by atoms with Crippen molar-refractivity contribution in [1.82, 2.24) is 20.1 Å². The molecule has 198 valence electrons. The topological polar surface area (TPSA) is 98.1 Å². The van der Waals surface area contributed by atoms with Gasteiger partial charge in [-0.25, -0.2) is 4.39 Å². The molecule has 0 unspecified atom stereocenters. The van der Waals surface area contributed by atoms with Gasteiger partial charge in [0.1, 0.15) is 28.8 Å². The van der Waals surface area contributed by atoms with Crippen LogP contribution in [0.2, 0.25) is 0 Å². The first-order chi connectivity index (χ1) is 19.0. The zero-order chi connectivity index (χ0) is 26.8. The summed E-state index contributed by atoms with van der Waals surface area (Å²) in [5, 5.41) is 14.6. The number of nitrogens with zero attached hydrogens (tertiary/aromatic N) is 2. The fourth-order valence-corrected chi connectivity index (χ4v) is 4.84. The highest BCUT2D eigenvalue weighted by molar-refractivity contribution is 6.04. The number of hydrogen-bond donors (Lipinski definition) is 4. The maximum Gasteiger partial charge on any atom is 0.256 e. The highest BCUT2D eigenvalue weighted by Crippen LogP contribution is 2.39. The summed E-state index contributed by atoms with van der Waals surface area (Å²) in [4.78, 5) is 18.6. The summed E-state index contributed by atoms with van der Waals surface area (Å²) in [5.41, 5.74) is 3.63. The first-order valence-corrected chi connectivity index (χ1v) is 13.0. The number of hydrogen-bond acceptors (Lipinski definition) is 5. The number of H-pyrrole nitrogens is 2. The van der Waals surface area contributed by atoms with Gasteiger partial charge in [-0.3, -0.25) is 9.89 Å². The average Bonchev–Trinajstić information content (AvgIpc) is 3.56. The lowest BCUT2D eigenvalue weighted by Gasteiger charge is -2.30. The van der Waals surface area contributed by atoms with Crippen molar-refractivity contribution in [2.45, 2.75) is 18.9 Å². The number of benzene rings is 3. The van der Waals surface area contributed by atoms with E-state index in [-0.39, 0.29) is 11.7 Å². The van der Waals surface area contributed by atoms with E-state index < -0.39 is 0 Å². The van der Waals surface area contributed by atoms with Crippen LogP contribution in [0.1, 0.15) is 23.2 Å². The molecule has 0 radical (unpaired) electrons. The molecule has 4 N–H and O–H groups in total. The van der Waals surface area contributed by atoms with Gasteiger partial charge in [-0.05, 0) is 93.6 Å². The summed E-state index contributed by atoms with van der Waals surface area (Å²) in [6, 6.07) is 23.3. The largest absolute Gasteiger partial charge is 0.454 e. The number of para-hydroxylation sites is 1. The van der Waals surface area contributed by atoms with Crippen LogP contribution >= 0.6 is 0 Å². The quantitative estimate of drug-likeness (QED) is 0.202. The number of amides is 1. The van der Waals surface area contributed by atoms with Crippen molar-refractivity contribution in [3.63, 3.8) is 0 Å².